The van der Waals surface area contributed by atoms with Gasteiger partial charge >= 0.3 is 0 Å². The van der Waals surface area contributed by atoms with Gasteiger partial charge in [0, 0.05) is 18.4 Å². The molecular weight excluding hydrogens is 254 g/mol. The number of H-pyrrole nitrogens is 1. The van der Waals surface area contributed by atoms with Crippen LogP contribution in [0.4, 0.5) is 11.4 Å². The molecule has 2 aromatic rings. The molecule has 0 radical (unpaired) electrons. The summed E-state index contributed by atoms with van der Waals surface area (Å²) in [6.45, 7) is 8.34. The fourth-order valence-electron chi connectivity index (χ4n) is 1.99. The van der Waals surface area contributed by atoms with E-state index in [9.17, 15) is 4.79 Å². The minimum atomic E-state index is -0.193. The summed E-state index contributed by atoms with van der Waals surface area (Å²) < 4.78 is 0. The third-order valence-corrected chi connectivity index (χ3v) is 3.02. The van der Waals surface area contributed by atoms with Crippen molar-refractivity contribution in [3.05, 3.63) is 34.9 Å². The molecule has 106 valence electrons. The SMILES string of the molecule is CCNc1cc(C)ncc1C(=O)Nc1c(C)n[nH]c1C. The van der Waals surface area contributed by atoms with E-state index in [0.717, 1.165) is 35.0 Å². The molecule has 0 aromatic carbocycles. The Hall–Kier alpha value is -2.37. The van der Waals surface area contributed by atoms with Crippen LogP contribution in [-0.2, 0) is 0 Å². The maximum atomic E-state index is 12.4. The molecule has 2 aromatic heterocycles. The van der Waals surface area contributed by atoms with Crippen molar-refractivity contribution in [1.29, 1.82) is 0 Å². The van der Waals surface area contributed by atoms with Gasteiger partial charge in [0.1, 0.15) is 0 Å². The van der Waals surface area contributed by atoms with Crippen molar-refractivity contribution in [3.8, 4) is 0 Å². The molecule has 6 heteroatoms. The number of amides is 1. The normalized spacial score (nSPS) is 10.4. The standard InChI is InChI=1S/C14H19N5O/c1-5-15-12-6-8(2)16-7-11(12)14(20)17-13-9(3)18-19-10(13)4/h6-7H,5H2,1-4H3,(H,15,16)(H,17,20)(H,18,19). The van der Waals surface area contributed by atoms with Crippen molar-refractivity contribution >= 4 is 17.3 Å². The third-order valence-electron chi connectivity index (χ3n) is 3.02. The van der Waals surface area contributed by atoms with E-state index in [1.165, 1.54) is 0 Å². The lowest BCUT2D eigenvalue weighted by Crippen LogP contribution is -2.16. The molecule has 0 atom stereocenters. The summed E-state index contributed by atoms with van der Waals surface area (Å²) >= 11 is 0. The van der Waals surface area contributed by atoms with Crippen molar-refractivity contribution in [2.24, 2.45) is 0 Å². The summed E-state index contributed by atoms with van der Waals surface area (Å²) in [6.07, 6.45) is 1.59. The minimum Gasteiger partial charge on any atom is -0.385 e. The average Bonchev–Trinajstić information content (AvgIpc) is 2.71. The monoisotopic (exact) mass is 273 g/mol. The molecule has 0 bridgehead atoms. The Kier molecular flexibility index (Phi) is 4.02. The molecule has 3 N–H and O–H groups in total. The van der Waals surface area contributed by atoms with Gasteiger partial charge in [-0.1, -0.05) is 0 Å². The quantitative estimate of drug-likeness (QED) is 0.799. The highest BCUT2D eigenvalue weighted by Crippen LogP contribution is 2.20. The number of hydrogen-bond donors (Lipinski definition) is 3. The van der Waals surface area contributed by atoms with Crippen molar-refractivity contribution in [1.82, 2.24) is 15.2 Å². The van der Waals surface area contributed by atoms with Crippen LogP contribution in [0.5, 0.6) is 0 Å². The molecule has 2 rings (SSSR count). The lowest BCUT2D eigenvalue weighted by Gasteiger charge is -2.11. The molecule has 0 saturated heterocycles. The zero-order chi connectivity index (χ0) is 14.7. The lowest BCUT2D eigenvalue weighted by molar-refractivity contribution is 0.102. The first-order valence-electron chi connectivity index (χ1n) is 6.56. The molecule has 0 aliphatic heterocycles. The molecule has 6 nitrogen and oxygen atoms in total. The molecule has 0 aliphatic rings. The number of aromatic nitrogens is 3. The van der Waals surface area contributed by atoms with Gasteiger partial charge < -0.3 is 10.6 Å². The smallest absolute Gasteiger partial charge is 0.259 e. The number of carbonyl (C=O) groups is 1. The fraction of sp³-hybridized carbons (Fsp3) is 0.357. The van der Waals surface area contributed by atoms with Gasteiger partial charge in [0.05, 0.1) is 28.3 Å². The highest BCUT2D eigenvalue weighted by atomic mass is 16.1. The zero-order valence-corrected chi connectivity index (χ0v) is 12.2. The maximum absolute atomic E-state index is 12.4. The van der Waals surface area contributed by atoms with E-state index in [0.29, 0.717) is 5.56 Å². The Morgan fingerprint density at radius 3 is 2.70 bits per heavy atom. The topological polar surface area (TPSA) is 82.7 Å². The summed E-state index contributed by atoms with van der Waals surface area (Å²) in [6, 6.07) is 1.87. The van der Waals surface area contributed by atoms with E-state index >= 15 is 0 Å². The van der Waals surface area contributed by atoms with Gasteiger partial charge in [-0.05, 0) is 33.8 Å². The second kappa shape index (κ2) is 5.73. The lowest BCUT2D eigenvalue weighted by atomic mass is 10.2. The van der Waals surface area contributed by atoms with Crippen LogP contribution < -0.4 is 10.6 Å². The molecular formula is C14H19N5O. The average molecular weight is 273 g/mol. The molecule has 1 amide bonds. The Balaban J connectivity index is 2.29. The van der Waals surface area contributed by atoms with E-state index in [2.05, 4.69) is 25.8 Å². The number of carbonyl (C=O) groups excluding carboxylic acids is 1. The van der Waals surface area contributed by atoms with Gasteiger partial charge in [0.2, 0.25) is 0 Å². The Morgan fingerprint density at radius 2 is 2.10 bits per heavy atom. The number of rotatable bonds is 4. The van der Waals surface area contributed by atoms with E-state index < -0.39 is 0 Å². The van der Waals surface area contributed by atoms with Crippen LogP contribution in [0, 0.1) is 20.8 Å². The fourth-order valence-corrected chi connectivity index (χ4v) is 1.99. The van der Waals surface area contributed by atoms with Gasteiger partial charge in [-0.25, -0.2) is 0 Å². The van der Waals surface area contributed by atoms with Gasteiger partial charge in [0.15, 0.2) is 0 Å². The highest BCUT2D eigenvalue weighted by molar-refractivity contribution is 6.08. The Labute approximate surface area is 118 Å². The Morgan fingerprint density at radius 1 is 1.35 bits per heavy atom. The number of aryl methyl sites for hydroxylation is 3. The van der Waals surface area contributed by atoms with Gasteiger partial charge in [-0.15, -0.1) is 0 Å². The van der Waals surface area contributed by atoms with E-state index in [-0.39, 0.29) is 5.91 Å². The first-order valence-corrected chi connectivity index (χ1v) is 6.56. The minimum absolute atomic E-state index is 0.193. The number of anilines is 2. The summed E-state index contributed by atoms with van der Waals surface area (Å²) in [7, 11) is 0. The van der Waals surface area contributed by atoms with Gasteiger partial charge in [0.25, 0.3) is 5.91 Å². The predicted octanol–water partition coefficient (Wildman–Crippen LogP) is 2.41. The number of hydrogen-bond acceptors (Lipinski definition) is 4. The van der Waals surface area contributed by atoms with Crippen LogP contribution in [-0.4, -0.2) is 27.6 Å². The summed E-state index contributed by atoms with van der Waals surface area (Å²) in [5, 5.41) is 13.0. The summed E-state index contributed by atoms with van der Waals surface area (Å²) in [4.78, 5) is 16.6. The van der Waals surface area contributed by atoms with E-state index in [4.69, 9.17) is 0 Å². The van der Waals surface area contributed by atoms with Crippen molar-refractivity contribution < 1.29 is 4.79 Å². The maximum Gasteiger partial charge on any atom is 0.259 e. The number of nitrogens with one attached hydrogen (secondary N) is 3. The van der Waals surface area contributed by atoms with Crippen LogP contribution in [0.1, 0.15) is 34.4 Å². The highest BCUT2D eigenvalue weighted by Gasteiger charge is 2.15. The van der Waals surface area contributed by atoms with Crippen molar-refractivity contribution in [2.45, 2.75) is 27.7 Å². The first kappa shape index (κ1) is 14.0. The largest absolute Gasteiger partial charge is 0.385 e. The molecule has 20 heavy (non-hydrogen) atoms. The second-order valence-electron chi connectivity index (χ2n) is 4.66. The van der Waals surface area contributed by atoms with Crippen LogP contribution >= 0.6 is 0 Å². The van der Waals surface area contributed by atoms with Crippen LogP contribution in [0.25, 0.3) is 0 Å². The van der Waals surface area contributed by atoms with Crippen LogP contribution in [0.15, 0.2) is 12.3 Å². The zero-order valence-electron chi connectivity index (χ0n) is 12.2. The molecule has 0 fully saturated rings. The van der Waals surface area contributed by atoms with E-state index in [1.54, 1.807) is 6.20 Å². The molecule has 2 heterocycles. The summed E-state index contributed by atoms with van der Waals surface area (Å²) in [5.41, 5.74) is 4.50. The predicted molar refractivity (Wildman–Crippen MR) is 79.2 cm³/mol. The van der Waals surface area contributed by atoms with Crippen molar-refractivity contribution in [3.63, 3.8) is 0 Å². The van der Waals surface area contributed by atoms with Crippen molar-refractivity contribution in [2.75, 3.05) is 17.2 Å². The van der Waals surface area contributed by atoms with Crippen LogP contribution in [0.3, 0.4) is 0 Å². The van der Waals surface area contributed by atoms with Crippen LogP contribution in [0.2, 0.25) is 0 Å². The molecule has 0 aliphatic carbocycles. The first-order chi connectivity index (χ1) is 9.52. The number of nitrogens with zero attached hydrogens (tertiary/aromatic N) is 2. The molecule has 0 unspecified atom stereocenters. The van der Waals surface area contributed by atoms with E-state index in [1.807, 2.05) is 33.8 Å². The third kappa shape index (κ3) is 2.79. The van der Waals surface area contributed by atoms with Gasteiger partial charge in [-0.2, -0.15) is 5.10 Å². The number of pyridine rings is 1. The van der Waals surface area contributed by atoms with Gasteiger partial charge in [-0.3, -0.25) is 14.9 Å². The summed E-state index contributed by atoms with van der Waals surface area (Å²) in [5.74, 6) is -0.193. The Bertz CT molecular complexity index is 613. The second-order valence-corrected chi connectivity index (χ2v) is 4.66. The molecule has 0 saturated carbocycles. The molecule has 0 spiro atoms. The number of aromatic amines is 1.